The number of hydrogen-bond donors (Lipinski definition) is 1. The average molecular weight is 300 g/mol. The van der Waals surface area contributed by atoms with Crippen LogP contribution in [0.1, 0.15) is 30.3 Å². The molecule has 3 rings (SSSR count). The SMILES string of the molecule is Cn1cnnc1C1CCCN1C(=O)[C@@H](O)Cc1ccccc1. The van der Waals surface area contributed by atoms with Gasteiger partial charge in [0.15, 0.2) is 5.82 Å². The molecule has 2 heterocycles. The number of amides is 1. The molecular weight excluding hydrogens is 280 g/mol. The Morgan fingerprint density at radius 2 is 2.18 bits per heavy atom. The molecule has 0 aliphatic carbocycles. The lowest BCUT2D eigenvalue weighted by atomic mass is 10.1. The maximum Gasteiger partial charge on any atom is 0.252 e. The molecule has 22 heavy (non-hydrogen) atoms. The van der Waals surface area contributed by atoms with Crippen LogP contribution in [0.2, 0.25) is 0 Å². The summed E-state index contributed by atoms with van der Waals surface area (Å²) in [4.78, 5) is 14.3. The van der Waals surface area contributed by atoms with Gasteiger partial charge in [-0.05, 0) is 18.4 Å². The van der Waals surface area contributed by atoms with Crippen LogP contribution in [0.3, 0.4) is 0 Å². The number of carbonyl (C=O) groups excluding carboxylic acids is 1. The summed E-state index contributed by atoms with van der Waals surface area (Å²) in [6.45, 7) is 0.655. The van der Waals surface area contributed by atoms with Gasteiger partial charge in [-0.25, -0.2) is 0 Å². The minimum Gasteiger partial charge on any atom is -0.383 e. The van der Waals surface area contributed by atoms with E-state index in [0.29, 0.717) is 13.0 Å². The fraction of sp³-hybridized carbons (Fsp3) is 0.438. The number of benzene rings is 1. The van der Waals surface area contributed by atoms with Crippen LogP contribution in [-0.4, -0.2) is 43.3 Å². The number of carbonyl (C=O) groups is 1. The maximum atomic E-state index is 12.6. The summed E-state index contributed by atoms with van der Waals surface area (Å²) in [6, 6.07) is 9.48. The molecule has 2 atom stereocenters. The molecule has 6 heteroatoms. The largest absolute Gasteiger partial charge is 0.383 e. The third-order valence-electron chi connectivity index (χ3n) is 4.14. The molecular formula is C16H20N4O2. The molecule has 0 saturated carbocycles. The smallest absolute Gasteiger partial charge is 0.252 e. The van der Waals surface area contributed by atoms with E-state index in [1.54, 1.807) is 11.2 Å². The van der Waals surface area contributed by atoms with Gasteiger partial charge in [0.05, 0.1) is 6.04 Å². The van der Waals surface area contributed by atoms with Crippen molar-refractivity contribution in [1.29, 1.82) is 0 Å². The molecule has 1 saturated heterocycles. The Morgan fingerprint density at radius 3 is 2.86 bits per heavy atom. The zero-order valence-corrected chi connectivity index (χ0v) is 12.6. The monoisotopic (exact) mass is 300 g/mol. The predicted octanol–water partition coefficient (Wildman–Crippen LogP) is 1.08. The van der Waals surface area contributed by atoms with E-state index in [2.05, 4.69) is 10.2 Å². The molecule has 1 aliphatic rings. The van der Waals surface area contributed by atoms with E-state index in [-0.39, 0.29) is 11.9 Å². The molecule has 116 valence electrons. The van der Waals surface area contributed by atoms with Crippen molar-refractivity contribution >= 4 is 5.91 Å². The highest BCUT2D eigenvalue weighted by Crippen LogP contribution is 2.31. The minimum absolute atomic E-state index is 0.0922. The average Bonchev–Trinajstić information content (AvgIpc) is 3.15. The molecule has 1 aromatic carbocycles. The van der Waals surface area contributed by atoms with Gasteiger partial charge >= 0.3 is 0 Å². The van der Waals surface area contributed by atoms with E-state index >= 15 is 0 Å². The van der Waals surface area contributed by atoms with E-state index < -0.39 is 6.10 Å². The van der Waals surface area contributed by atoms with Crippen molar-refractivity contribution in [2.45, 2.75) is 31.4 Å². The van der Waals surface area contributed by atoms with E-state index in [0.717, 1.165) is 24.2 Å². The highest BCUT2D eigenvalue weighted by Gasteiger charge is 2.35. The zero-order chi connectivity index (χ0) is 15.5. The van der Waals surface area contributed by atoms with Gasteiger partial charge in [-0.2, -0.15) is 0 Å². The molecule has 1 aromatic heterocycles. The maximum absolute atomic E-state index is 12.6. The Bertz CT molecular complexity index is 641. The Hall–Kier alpha value is -2.21. The van der Waals surface area contributed by atoms with E-state index in [1.807, 2.05) is 41.9 Å². The van der Waals surface area contributed by atoms with Gasteiger partial charge in [0, 0.05) is 20.0 Å². The van der Waals surface area contributed by atoms with Crippen molar-refractivity contribution in [1.82, 2.24) is 19.7 Å². The highest BCUT2D eigenvalue weighted by atomic mass is 16.3. The van der Waals surface area contributed by atoms with Gasteiger partial charge in [0.2, 0.25) is 0 Å². The second-order valence-electron chi connectivity index (χ2n) is 5.70. The van der Waals surface area contributed by atoms with Crippen LogP contribution in [0.5, 0.6) is 0 Å². The van der Waals surface area contributed by atoms with E-state index in [1.165, 1.54) is 0 Å². The van der Waals surface area contributed by atoms with Crippen molar-refractivity contribution in [3.8, 4) is 0 Å². The molecule has 6 nitrogen and oxygen atoms in total. The molecule has 1 fully saturated rings. The van der Waals surface area contributed by atoms with Gasteiger partial charge in [0.1, 0.15) is 12.4 Å². The molecule has 1 amide bonds. The molecule has 0 bridgehead atoms. The molecule has 2 aromatic rings. The second kappa shape index (κ2) is 6.27. The van der Waals surface area contributed by atoms with Crippen LogP contribution in [0.25, 0.3) is 0 Å². The number of aliphatic hydroxyl groups is 1. The standard InChI is InChI=1S/C16H20N4O2/c1-19-11-17-18-15(19)13-8-5-9-20(13)16(22)14(21)10-12-6-3-2-4-7-12/h2-4,6-7,11,13-14,21H,5,8-10H2,1H3/t13?,14-/m0/s1. The Kier molecular flexibility index (Phi) is 4.20. The third kappa shape index (κ3) is 2.87. The molecule has 1 unspecified atom stereocenters. The van der Waals surface area contributed by atoms with Gasteiger partial charge < -0.3 is 14.6 Å². The summed E-state index contributed by atoms with van der Waals surface area (Å²) in [7, 11) is 1.87. The van der Waals surface area contributed by atoms with E-state index in [9.17, 15) is 9.90 Å². The number of aryl methyl sites for hydroxylation is 1. The minimum atomic E-state index is -1.02. The number of nitrogens with zero attached hydrogens (tertiary/aromatic N) is 4. The first-order valence-electron chi connectivity index (χ1n) is 7.53. The Morgan fingerprint density at radius 1 is 1.41 bits per heavy atom. The van der Waals surface area contributed by atoms with Gasteiger partial charge in [-0.15, -0.1) is 10.2 Å². The van der Waals surface area contributed by atoms with Crippen molar-refractivity contribution in [2.24, 2.45) is 7.05 Å². The Balaban J connectivity index is 1.72. The lowest BCUT2D eigenvalue weighted by Gasteiger charge is -2.26. The normalized spacial score (nSPS) is 19.4. The quantitative estimate of drug-likeness (QED) is 0.917. The zero-order valence-electron chi connectivity index (χ0n) is 12.6. The summed E-state index contributed by atoms with van der Waals surface area (Å²) in [5.74, 6) is 0.548. The van der Waals surface area contributed by atoms with Crippen molar-refractivity contribution in [3.05, 3.63) is 48.0 Å². The highest BCUT2D eigenvalue weighted by molar-refractivity contribution is 5.81. The number of rotatable bonds is 4. The first-order valence-corrected chi connectivity index (χ1v) is 7.53. The summed E-state index contributed by atoms with van der Waals surface area (Å²) < 4.78 is 1.83. The van der Waals surface area contributed by atoms with Crippen LogP contribution < -0.4 is 0 Å². The summed E-state index contributed by atoms with van der Waals surface area (Å²) in [5, 5.41) is 18.3. The number of aromatic nitrogens is 3. The van der Waals surface area contributed by atoms with Gasteiger partial charge in [0.25, 0.3) is 5.91 Å². The summed E-state index contributed by atoms with van der Waals surface area (Å²) >= 11 is 0. The van der Waals surface area contributed by atoms with Crippen molar-refractivity contribution in [3.63, 3.8) is 0 Å². The number of hydrogen-bond acceptors (Lipinski definition) is 4. The summed E-state index contributed by atoms with van der Waals surface area (Å²) in [5.41, 5.74) is 0.956. The predicted molar refractivity (Wildman–Crippen MR) is 80.8 cm³/mol. The topological polar surface area (TPSA) is 71.2 Å². The molecule has 1 aliphatic heterocycles. The first kappa shape index (κ1) is 14.7. The fourth-order valence-corrected chi connectivity index (χ4v) is 3.01. The van der Waals surface area contributed by atoms with Gasteiger partial charge in [-0.3, -0.25) is 4.79 Å². The Labute approximate surface area is 129 Å². The lowest BCUT2D eigenvalue weighted by molar-refractivity contribution is -0.141. The van der Waals surface area contributed by atoms with Crippen LogP contribution in [0.15, 0.2) is 36.7 Å². The fourth-order valence-electron chi connectivity index (χ4n) is 3.01. The lowest BCUT2D eigenvalue weighted by Crippen LogP contribution is -2.40. The second-order valence-corrected chi connectivity index (χ2v) is 5.70. The van der Waals surface area contributed by atoms with Crippen molar-refractivity contribution in [2.75, 3.05) is 6.54 Å². The number of likely N-dealkylation sites (tertiary alicyclic amines) is 1. The molecule has 0 radical (unpaired) electrons. The van der Waals surface area contributed by atoms with Gasteiger partial charge in [-0.1, -0.05) is 30.3 Å². The van der Waals surface area contributed by atoms with Crippen LogP contribution >= 0.6 is 0 Å². The van der Waals surface area contributed by atoms with Crippen molar-refractivity contribution < 1.29 is 9.90 Å². The van der Waals surface area contributed by atoms with E-state index in [4.69, 9.17) is 0 Å². The van der Waals surface area contributed by atoms with Crippen LogP contribution in [-0.2, 0) is 18.3 Å². The summed E-state index contributed by atoms with van der Waals surface area (Å²) in [6.07, 6.45) is 2.73. The molecule has 1 N–H and O–H groups in total. The van der Waals surface area contributed by atoms with Crippen LogP contribution in [0, 0.1) is 0 Å². The molecule has 0 spiro atoms. The first-order chi connectivity index (χ1) is 10.7. The third-order valence-corrected chi connectivity index (χ3v) is 4.14. The number of aliphatic hydroxyl groups excluding tert-OH is 1. The van der Waals surface area contributed by atoms with Crippen LogP contribution in [0.4, 0.5) is 0 Å².